The fourth-order valence-corrected chi connectivity index (χ4v) is 5.63. The molecule has 2 aliphatic carbocycles. The predicted molar refractivity (Wildman–Crippen MR) is 62.7 cm³/mol. The van der Waals surface area contributed by atoms with Crippen LogP contribution < -0.4 is 0 Å². The Morgan fingerprint density at radius 2 is 1.56 bits per heavy atom. The monoisotopic (exact) mass is 286 g/mol. The predicted octanol–water partition coefficient (Wildman–Crippen LogP) is 1.30. The lowest BCUT2D eigenvalue weighted by atomic mass is 10.0. The van der Waals surface area contributed by atoms with E-state index in [0.717, 1.165) is 12.8 Å². The van der Waals surface area contributed by atoms with Crippen LogP contribution in [-0.2, 0) is 18.9 Å². The van der Waals surface area contributed by atoms with Gasteiger partial charge in [-0.25, -0.2) is 16.8 Å². The fourth-order valence-electron chi connectivity index (χ4n) is 2.43. The Hall–Kier alpha value is 0.190. The summed E-state index contributed by atoms with van der Waals surface area (Å²) in [6.45, 7) is 0. The normalized spacial score (nSPS) is 26.4. The second-order valence-corrected chi connectivity index (χ2v) is 10.5. The maximum Gasteiger partial charge on any atom is 0.238 e. The Labute approximate surface area is 101 Å². The molecule has 0 aromatic heterocycles. The first-order chi connectivity index (χ1) is 7.08. The molecule has 0 N–H and O–H groups in total. The second-order valence-electron chi connectivity index (χ2n) is 5.37. The van der Waals surface area contributed by atoms with Gasteiger partial charge in [0.1, 0.15) is 9.84 Å². The molecule has 2 saturated carbocycles. The largest absolute Gasteiger partial charge is 0.238 e. The third kappa shape index (κ3) is 2.54. The van der Waals surface area contributed by atoms with E-state index >= 15 is 0 Å². The van der Waals surface area contributed by atoms with Crippen LogP contribution in [0.1, 0.15) is 32.1 Å². The standard InChI is InChI=1S/C9H15ClO4S2/c1-15(11,12)7-8(2-3-8)6-9(4-5-9)16(10,13)14/h2-7H2,1H3. The van der Waals surface area contributed by atoms with E-state index in [1.807, 2.05) is 0 Å². The van der Waals surface area contributed by atoms with E-state index in [0.29, 0.717) is 19.3 Å². The SMILES string of the molecule is CS(=O)(=O)CC1(CC2(S(=O)(=O)Cl)CC2)CC1. The molecule has 2 fully saturated rings. The van der Waals surface area contributed by atoms with Crippen molar-refractivity contribution in [3.63, 3.8) is 0 Å². The lowest BCUT2D eigenvalue weighted by molar-refractivity contribution is 0.474. The highest BCUT2D eigenvalue weighted by Gasteiger charge is 2.61. The van der Waals surface area contributed by atoms with E-state index in [1.54, 1.807) is 0 Å². The Balaban J connectivity index is 2.12. The van der Waals surface area contributed by atoms with Gasteiger partial charge in [0.05, 0.1) is 10.5 Å². The summed E-state index contributed by atoms with van der Waals surface area (Å²) >= 11 is 0. The molecule has 0 radical (unpaired) electrons. The minimum Gasteiger partial charge on any atom is -0.229 e. The van der Waals surface area contributed by atoms with Crippen molar-refractivity contribution in [2.24, 2.45) is 5.41 Å². The highest BCUT2D eigenvalue weighted by Crippen LogP contribution is 2.61. The number of sulfone groups is 1. The Morgan fingerprint density at radius 1 is 1.06 bits per heavy atom. The quantitative estimate of drug-likeness (QED) is 0.715. The zero-order valence-electron chi connectivity index (χ0n) is 9.07. The van der Waals surface area contributed by atoms with Gasteiger partial charge < -0.3 is 0 Å². The van der Waals surface area contributed by atoms with Crippen molar-refractivity contribution in [2.45, 2.75) is 36.9 Å². The van der Waals surface area contributed by atoms with Gasteiger partial charge in [0, 0.05) is 16.9 Å². The maximum atomic E-state index is 11.4. The van der Waals surface area contributed by atoms with Crippen molar-refractivity contribution in [3.05, 3.63) is 0 Å². The van der Waals surface area contributed by atoms with Crippen molar-refractivity contribution in [1.82, 2.24) is 0 Å². The van der Waals surface area contributed by atoms with Gasteiger partial charge in [-0.05, 0) is 37.5 Å². The van der Waals surface area contributed by atoms with Crippen molar-refractivity contribution < 1.29 is 16.8 Å². The van der Waals surface area contributed by atoms with Crippen molar-refractivity contribution in [2.75, 3.05) is 12.0 Å². The van der Waals surface area contributed by atoms with Gasteiger partial charge >= 0.3 is 0 Å². The van der Waals surface area contributed by atoms with Gasteiger partial charge in [-0.2, -0.15) is 0 Å². The summed E-state index contributed by atoms with van der Waals surface area (Å²) in [6, 6.07) is 0. The summed E-state index contributed by atoms with van der Waals surface area (Å²) in [5.41, 5.74) is -0.313. The number of hydrogen-bond acceptors (Lipinski definition) is 4. The summed E-state index contributed by atoms with van der Waals surface area (Å²) in [5, 5.41) is 0. The lowest BCUT2D eigenvalue weighted by Gasteiger charge is -2.19. The fraction of sp³-hybridized carbons (Fsp3) is 1.00. The average molecular weight is 287 g/mol. The minimum absolute atomic E-state index is 0.0914. The van der Waals surface area contributed by atoms with Crippen LogP contribution >= 0.6 is 10.7 Å². The number of hydrogen-bond donors (Lipinski definition) is 0. The van der Waals surface area contributed by atoms with Crippen LogP contribution in [0.25, 0.3) is 0 Å². The first-order valence-corrected chi connectivity index (χ1v) is 9.57. The zero-order chi connectivity index (χ0) is 12.2. The third-order valence-electron chi connectivity index (χ3n) is 3.55. The van der Waals surface area contributed by atoms with Crippen molar-refractivity contribution >= 4 is 29.6 Å². The molecule has 0 spiro atoms. The molecule has 2 rings (SSSR count). The highest BCUT2D eigenvalue weighted by molar-refractivity contribution is 8.15. The molecule has 0 unspecified atom stereocenters. The topological polar surface area (TPSA) is 68.3 Å². The Kier molecular flexibility index (Phi) is 2.65. The summed E-state index contributed by atoms with van der Waals surface area (Å²) < 4.78 is 44.5. The van der Waals surface area contributed by atoms with Gasteiger partial charge in [-0.15, -0.1) is 0 Å². The van der Waals surface area contributed by atoms with E-state index < -0.39 is 23.6 Å². The van der Waals surface area contributed by atoms with Gasteiger partial charge in [0.2, 0.25) is 9.05 Å². The molecule has 0 saturated heterocycles. The molecule has 0 aromatic rings. The highest BCUT2D eigenvalue weighted by atomic mass is 35.7. The van der Waals surface area contributed by atoms with Crippen LogP contribution in [0.4, 0.5) is 0 Å². The van der Waals surface area contributed by atoms with E-state index in [9.17, 15) is 16.8 Å². The van der Waals surface area contributed by atoms with Crippen LogP contribution in [0.3, 0.4) is 0 Å². The van der Waals surface area contributed by atoms with Gasteiger partial charge in [-0.1, -0.05) is 0 Å². The van der Waals surface area contributed by atoms with Crippen LogP contribution in [0.5, 0.6) is 0 Å². The lowest BCUT2D eigenvalue weighted by Crippen LogP contribution is -2.27. The molecule has 2 aliphatic rings. The van der Waals surface area contributed by atoms with Crippen LogP contribution in [-0.4, -0.2) is 33.6 Å². The molecule has 0 atom stereocenters. The van der Waals surface area contributed by atoms with Crippen LogP contribution in [0.2, 0.25) is 0 Å². The first-order valence-electron chi connectivity index (χ1n) is 5.20. The smallest absolute Gasteiger partial charge is 0.229 e. The van der Waals surface area contributed by atoms with Crippen LogP contribution in [0, 0.1) is 5.41 Å². The number of rotatable bonds is 5. The average Bonchev–Trinajstić information content (AvgIpc) is 2.86. The molecule has 0 heterocycles. The molecule has 16 heavy (non-hydrogen) atoms. The van der Waals surface area contributed by atoms with E-state index in [-0.39, 0.29) is 11.2 Å². The van der Waals surface area contributed by atoms with E-state index in [1.165, 1.54) is 6.26 Å². The summed E-state index contributed by atoms with van der Waals surface area (Å²) in [4.78, 5) is 0. The first kappa shape index (κ1) is 12.6. The molecular formula is C9H15ClO4S2. The third-order valence-corrected chi connectivity index (χ3v) is 7.25. The molecule has 0 amide bonds. The van der Waals surface area contributed by atoms with E-state index in [4.69, 9.17) is 10.7 Å². The summed E-state index contributed by atoms with van der Waals surface area (Å²) in [5.74, 6) is 0.0914. The van der Waals surface area contributed by atoms with Gasteiger partial charge in [0.25, 0.3) is 0 Å². The summed E-state index contributed by atoms with van der Waals surface area (Å²) in [6.07, 6.45) is 4.36. The van der Waals surface area contributed by atoms with Crippen molar-refractivity contribution in [3.8, 4) is 0 Å². The molecular weight excluding hydrogens is 272 g/mol. The minimum atomic E-state index is -3.56. The van der Waals surface area contributed by atoms with Gasteiger partial charge in [-0.3, -0.25) is 0 Å². The molecule has 0 aliphatic heterocycles. The van der Waals surface area contributed by atoms with E-state index in [2.05, 4.69) is 0 Å². The molecule has 94 valence electrons. The molecule has 4 nitrogen and oxygen atoms in total. The molecule has 0 aromatic carbocycles. The maximum absolute atomic E-state index is 11.4. The Morgan fingerprint density at radius 3 is 1.81 bits per heavy atom. The molecule has 0 bridgehead atoms. The zero-order valence-corrected chi connectivity index (χ0v) is 11.5. The second kappa shape index (κ2) is 3.36. The van der Waals surface area contributed by atoms with Gasteiger partial charge in [0.15, 0.2) is 0 Å². The van der Waals surface area contributed by atoms with Crippen LogP contribution in [0.15, 0.2) is 0 Å². The molecule has 7 heteroatoms. The number of halogens is 1. The van der Waals surface area contributed by atoms with Crippen molar-refractivity contribution in [1.29, 1.82) is 0 Å². The Bertz CT molecular complexity index is 498. The summed E-state index contributed by atoms with van der Waals surface area (Å²) in [7, 11) is -1.19.